The van der Waals surface area contributed by atoms with Crippen molar-refractivity contribution in [3.8, 4) is 0 Å². The minimum Gasteiger partial charge on any atom is -0.383 e. The Bertz CT molecular complexity index is 955. The zero-order valence-electron chi connectivity index (χ0n) is 20.1. The van der Waals surface area contributed by atoms with Gasteiger partial charge in [0, 0.05) is 38.7 Å². The fourth-order valence-electron chi connectivity index (χ4n) is 4.33. The van der Waals surface area contributed by atoms with Crippen LogP contribution < -0.4 is 10.6 Å². The maximum absolute atomic E-state index is 13.0. The number of nitrogens with one attached hydrogen (secondary N) is 2. The highest BCUT2D eigenvalue weighted by atomic mass is 16.5. The van der Waals surface area contributed by atoms with E-state index in [-0.39, 0.29) is 23.6 Å². The summed E-state index contributed by atoms with van der Waals surface area (Å²) >= 11 is 0. The molecule has 7 nitrogen and oxygen atoms in total. The molecule has 1 heterocycles. The van der Waals surface area contributed by atoms with Crippen LogP contribution in [-0.4, -0.2) is 62.0 Å². The zero-order valence-corrected chi connectivity index (χ0v) is 20.1. The fourth-order valence-corrected chi connectivity index (χ4v) is 4.33. The summed E-state index contributed by atoms with van der Waals surface area (Å²) in [7, 11) is 1.58. The van der Waals surface area contributed by atoms with E-state index in [2.05, 4.69) is 10.6 Å². The van der Waals surface area contributed by atoms with Crippen LogP contribution >= 0.6 is 0 Å². The second-order valence-corrected chi connectivity index (χ2v) is 8.81. The molecule has 0 aliphatic carbocycles. The number of likely N-dealkylation sites (tertiary alicyclic amines) is 1. The molecule has 2 aromatic carbocycles. The van der Waals surface area contributed by atoms with Crippen molar-refractivity contribution in [1.82, 2.24) is 15.5 Å². The quantitative estimate of drug-likeness (QED) is 0.528. The van der Waals surface area contributed by atoms with Crippen LogP contribution in [0.3, 0.4) is 0 Å². The zero-order chi connectivity index (χ0) is 24.3. The number of carbonyl (C=O) groups is 3. The third kappa shape index (κ3) is 7.42. The second kappa shape index (κ2) is 12.9. The van der Waals surface area contributed by atoms with Crippen LogP contribution in [0.4, 0.5) is 0 Å². The lowest BCUT2D eigenvalue weighted by Crippen LogP contribution is -2.54. The molecule has 1 aliphatic rings. The molecule has 182 valence electrons. The Hall–Kier alpha value is -3.19. The number of ether oxygens (including phenoxy) is 1. The molecule has 0 saturated carbocycles. The lowest BCUT2D eigenvalue weighted by atomic mass is 9.88. The largest absolute Gasteiger partial charge is 0.383 e. The van der Waals surface area contributed by atoms with Gasteiger partial charge in [-0.05, 0) is 49.8 Å². The summed E-state index contributed by atoms with van der Waals surface area (Å²) in [5, 5.41) is 5.81. The van der Waals surface area contributed by atoms with Gasteiger partial charge in [-0.15, -0.1) is 0 Å². The van der Waals surface area contributed by atoms with Gasteiger partial charge in [0.1, 0.15) is 6.04 Å². The van der Waals surface area contributed by atoms with Gasteiger partial charge in [0.15, 0.2) is 0 Å². The summed E-state index contributed by atoms with van der Waals surface area (Å²) in [5.41, 5.74) is 2.66. The number of nitrogens with zero attached hydrogens (tertiary/aromatic N) is 1. The van der Waals surface area contributed by atoms with Crippen LogP contribution in [0, 0.1) is 12.8 Å². The second-order valence-electron chi connectivity index (χ2n) is 8.81. The first kappa shape index (κ1) is 25.4. The van der Waals surface area contributed by atoms with Crippen molar-refractivity contribution in [1.29, 1.82) is 0 Å². The molecule has 3 amide bonds. The molecule has 2 N–H and O–H groups in total. The smallest absolute Gasteiger partial charge is 0.251 e. The SMILES string of the molecule is COCCNC(=O)C(NC(=O)c1cccc(C)c1)C1CCN(C(=O)CCc2ccccc2)CC1. The van der Waals surface area contributed by atoms with Crippen LogP contribution in [0.1, 0.15) is 40.7 Å². The Morgan fingerprint density at radius 3 is 2.47 bits per heavy atom. The molecule has 3 rings (SSSR count). The maximum atomic E-state index is 13.0. The Morgan fingerprint density at radius 1 is 1.06 bits per heavy atom. The van der Waals surface area contributed by atoms with E-state index in [1.165, 1.54) is 0 Å². The van der Waals surface area contributed by atoms with Crippen molar-refractivity contribution in [3.05, 3.63) is 71.3 Å². The number of hydrogen-bond donors (Lipinski definition) is 2. The molecule has 7 heteroatoms. The lowest BCUT2D eigenvalue weighted by Gasteiger charge is -2.36. The number of amides is 3. The summed E-state index contributed by atoms with van der Waals surface area (Å²) in [6, 6.07) is 16.6. The van der Waals surface area contributed by atoms with E-state index < -0.39 is 6.04 Å². The Balaban J connectivity index is 1.59. The van der Waals surface area contributed by atoms with E-state index in [0.29, 0.717) is 51.1 Å². The van der Waals surface area contributed by atoms with Crippen LogP contribution in [-0.2, 0) is 20.7 Å². The van der Waals surface area contributed by atoms with Gasteiger partial charge in [-0.1, -0.05) is 48.0 Å². The molecule has 0 bridgehead atoms. The van der Waals surface area contributed by atoms with Gasteiger partial charge in [0.2, 0.25) is 11.8 Å². The average molecular weight is 466 g/mol. The molecular weight excluding hydrogens is 430 g/mol. The van der Waals surface area contributed by atoms with Crippen LogP contribution in [0.25, 0.3) is 0 Å². The molecule has 1 fully saturated rings. The first-order valence-electron chi connectivity index (χ1n) is 11.9. The fraction of sp³-hybridized carbons (Fsp3) is 0.444. The van der Waals surface area contributed by atoms with E-state index in [1.807, 2.05) is 60.4 Å². The molecule has 1 aliphatic heterocycles. The first-order valence-corrected chi connectivity index (χ1v) is 11.9. The summed E-state index contributed by atoms with van der Waals surface area (Å²) in [6.07, 6.45) is 2.51. The normalized spacial score (nSPS) is 14.9. The molecule has 1 saturated heterocycles. The maximum Gasteiger partial charge on any atom is 0.251 e. The number of hydrogen-bond acceptors (Lipinski definition) is 4. The van der Waals surface area contributed by atoms with Gasteiger partial charge >= 0.3 is 0 Å². The van der Waals surface area contributed by atoms with Crippen molar-refractivity contribution in [2.75, 3.05) is 33.4 Å². The van der Waals surface area contributed by atoms with Crippen molar-refractivity contribution in [3.63, 3.8) is 0 Å². The summed E-state index contributed by atoms with van der Waals surface area (Å²) in [5.74, 6) is -0.398. The number of piperidine rings is 1. The minimum atomic E-state index is -0.661. The van der Waals surface area contributed by atoms with Crippen molar-refractivity contribution in [2.24, 2.45) is 5.92 Å². The van der Waals surface area contributed by atoms with E-state index >= 15 is 0 Å². The number of methoxy groups -OCH3 is 1. The van der Waals surface area contributed by atoms with Crippen LogP contribution in [0.2, 0.25) is 0 Å². The van der Waals surface area contributed by atoms with Gasteiger partial charge in [0.05, 0.1) is 6.61 Å². The van der Waals surface area contributed by atoms with Crippen LogP contribution in [0.5, 0.6) is 0 Å². The Morgan fingerprint density at radius 2 is 1.79 bits per heavy atom. The highest BCUT2D eigenvalue weighted by Crippen LogP contribution is 2.22. The first-order chi connectivity index (χ1) is 16.5. The number of benzene rings is 2. The standard InChI is InChI=1S/C27H35N3O4/c1-20-7-6-10-23(19-20)26(32)29-25(27(33)28-15-18-34-2)22-13-16-30(17-14-22)24(31)12-11-21-8-4-3-5-9-21/h3-10,19,22,25H,11-18H2,1-2H3,(H,28,33)(H,29,32). The average Bonchev–Trinajstić information content (AvgIpc) is 2.86. The van der Waals surface area contributed by atoms with Gasteiger partial charge in [-0.2, -0.15) is 0 Å². The molecule has 2 aromatic rings. The molecule has 34 heavy (non-hydrogen) atoms. The van der Waals surface area contributed by atoms with Gasteiger partial charge in [0.25, 0.3) is 5.91 Å². The third-order valence-corrected chi connectivity index (χ3v) is 6.29. The van der Waals surface area contributed by atoms with Gasteiger partial charge < -0.3 is 20.3 Å². The topological polar surface area (TPSA) is 87.7 Å². The van der Waals surface area contributed by atoms with Crippen molar-refractivity contribution in [2.45, 2.75) is 38.6 Å². The van der Waals surface area contributed by atoms with Crippen molar-refractivity contribution < 1.29 is 19.1 Å². The van der Waals surface area contributed by atoms with Crippen LogP contribution in [0.15, 0.2) is 54.6 Å². The van der Waals surface area contributed by atoms with E-state index in [9.17, 15) is 14.4 Å². The highest BCUT2D eigenvalue weighted by Gasteiger charge is 2.33. The Labute approximate surface area is 201 Å². The molecule has 0 aromatic heterocycles. The molecular formula is C27H35N3O4. The lowest BCUT2D eigenvalue weighted by molar-refractivity contribution is -0.133. The summed E-state index contributed by atoms with van der Waals surface area (Å²) in [4.78, 5) is 40.5. The number of rotatable bonds is 10. The molecule has 0 spiro atoms. The predicted octanol–water partition coefficient (Wildman–Crippen LogP) is 2.73. The van der Waals surface area contributed by atoms with Gasteiger partial charge in [-0.3, -0.25) is 14.4 Å². The van der Waals surface area contributed by atoms with Crippen molar-refractivity contribution >= 4 is 17.7 Å². The van der Waals surface area contributed by atoms with E-state index in [4.69, 9.17) is 4.74 Å². The molecule has 0 radical (unpaired) electrons. The summed E-state index contributed by atoms with van der Waals surface area (Å²) in [6.45, 7) is 3.87. The van der Waals surface area contributed by atoms with E-state index in [1.54, 1.807) is 13.2 Å². The number of aryl methyl sites for hydroxylation is 2. The third-order valence-electron chi connectivity index (χ3n) is 6.29. The highest BCUT2D eigenvalue weighted by molar-refractivity contribution is 5.97. The molecule has 1 atom stereocenters. The Kier molecular flexibility index (Phi) is 9.64. The predicted molar refractivity (Wildman–Crippen MR) is 131 cm³/mol. The summed E-state index contributed by atoms with van der Waals surface area (Å²) < 4.78 is 5.03. The number of carbonyl (C=O) groups excluding carboxylic acids is 3. The molecule has 1 unspecified atom stereocenters. The monoisotopic (exact) mass is 465 g/mol. The van der Waals surface area contributed by atoms with E-state index in [0.717, 1.165) is 17.5 Å². The van der Waals surface area contributed by atoms with Gasteiger partial charge in [-0.25, -0.2) is 0 Å². The minimum absolute atomic E-state index is 0.0468.